The standard InChI is InChI=1S/C28H32N6O2/c1-19-25-11-12-34(18-20-3-2-4-23(17-20)30-27(35)21-5-6-21)26(25)32-28(29-19)31-22-7-9-24(10-8-22)33-13-15-36-16-14-33/h2-4,7-10,17,21H,5-6,11-16,18H2,1H3,(H,30,35)(H,29,31,32). The van der Waals surface area contributed by atoms with E-state index < -0.39 is 0 Å². The van der Waals surface area contributed by atoms with Crippen LogP contribution in [-0.2, 0) is 22.5 Å². The molecule has 36 heavy (non-hydrogen) atoms. The molecule has 2 aromatic carbocycles. The van der Waals surface area contributed by atoms with Crippen LogP contribution in [0.15, 0.2) is 48.5 Å². The van der Waals surface area contributed by atoms with Crippen molar-refractivity contribution in [3.05, 3.63) is 65.4 Å². The van der Waals surface area contributed by atoms with Crippen LogP contribution in [0.25, 0.3) is 0 Å². The number of morpholine rings is 1. The number of fused-ring (bicyclic) bond motifs is 1. The van der Waals surface area contributed by atoms with Crippen LogP contribution in [0.5, 0.6) is 0 Å². The molecular weight excluding hydrogens is 452 g/mol. The Labute approximate surface area is 211 Å². The number of ether oxygens (including phenoxy) is 1. The van der Waals surface area contributed by atoms with Crippen molar-refractivity contribution >= 4 is 34.7 Å². The first-order chi connectivity index (χ1) is 17.6. The Hall–Kier alpha value is -3.65. The van der Waals surface area contributed by atoms with Crippen molar-refractivity contribution in [1.29, 1.82) is 0 Å². The number of rotatable bonds is 7. The molecule has 1 aromatic heterocycles. The van der Waals surface area contributed by atoms with Crippen molar-refractivity contribution in [2.75, 3.05) is 53.3 Å². The Kier molecular flexibility index (Phi) is 6.19. The molecule has 6 rings (SSSR count). The van der Waals surface area contributed by atoms with Crippen LogP contribution in [0.3, 0.4) is 0 Å². The topological polar surface area (TPSA) is 82.6 Å². The van der Waals surface area contributed by atoms with Gasteiger partial charge in [0.1, 0.15) is 5.82 Å². The fraction of sp³-hybridized carbons (Fsp3) is 0.393. The number of amides is 1. The molecule has 3 heterocycles. The van der Waals surface area contributed by atoms with Gasteiger partial charge in [-0.3, -0.25) is 4.79 Å². The number of nitrogens with zero attached hydrogens (tertiary/aromatic N) is 4. The zero-order valence-corrected chi connectivity index (χ0v) is 20.7. The summed E-state index contributed by atoms with van der Waals surface area (Å²) in [4.78, 5) is 26.5. The fourth-order valence-corrected chi connectivity index (χ4v) is 4.96. The summed E-state index contributed by atoms with van der Waals surface area (Å²) in [6.45, 7) is 7.10. The third-order valence-electron chi connectivity index (χ3n) is 7.14. The minimum Gasteiger partial charge on any atom is -0.378 e. The van der Waals surface area contributed by atoms with Crippen molar-refractivity contribution in [1.82, 2.24) is 9.97 Å². The van der Waals surface area contributed by atoms with E-state index in [1.54, 1.807) is 0 Å². The van der Waals surface area contributed by atoms with Gasteiger partial charge in [0.25, 0.3) is 0 Å². The van der Waals surface area contributed by atoms with Crippen molar-refractivity contribution in [3.63, 3.8) is 0 Å². The van der Waals surface area contributed by atoms with Crippen LogP contribution < -0.4 is 20.4 Å². The van der Waals surface area contributed by atoms with Crippen molar-refractivity contribution in [2.45, 2.75) is 32.7 Å². The summed E-state index contributed by atoms with van der Waals surface area (Å²) >= 11 is 0. The number of anilines is 5. The Bertz CT molecular complexity index is 1250. The third-order valence-corrected chi connectivity index (χ3v) is 7.14. The SMILES string of the molecule is Cc1nc(Nc2ccc(N3CCOCC3)cc2)nc2c1CCN2Cc1cccc(NC(=O)C2CC2)c1. The Morgan fingerprint density at radius 1 is 1.03 bits per heavy atom. The van der Waals surface area contributed by atoms with Crippen LogP contribution in [0.4, 0.5) is 28.8 Å². The van der Waals surface area contributed by atoms with E-state index in [2.05, 4.69) is 63.8 Å². The summed E-state index contributed by atoms with van der Waals surface area (Å²) in [6, 6.07) is 16.6. The average molecular weight is 485 g/mol. The quantitative estimate of drug-likeness (QED) is 0.518. The number of carbonyl (C=O) groups is 1. The maximum Gasteiger partial charge on any atom is 0.229 e. The number of hydrogen-bond donors (Lipinski definition) is 2. The van der Waals surface area contributed by atoms with Crippen LogP contribution >= 0.6 is 0 Å². The van der Waals surface area contributed by atoms with Crippen molar-refractivity contribution in [2.24, 2.45) is 5.92 Å². The molecular formula is C28H32N6O2. The molecule has 0 spiro atoms. The van der Waals surface area contributed by atoms with E-state index in [0.29, 0.717) is 5.95 Å². The second kappa shape index (κ2) is 9.78. The molecule has 0 bridgehead atoms. The second-order valence-corrected chi connectivity index (χ2v) is 9.84. The molecule has 0 unspecified atom stereocenters. The molecule has 0 atom stereocenters. The van der Waals surface area contributed by atoms with Gasteiger partial charge in [0, 0.05) is 60.4 Å². The molecule has 8 nitrogen and oxygen atoms in total. The maximum absolute atomic E-state index is 12.2. The Morgan fingerprint density at radius 2 is 1.83 bits per heavy atom. The van der Waals surface area contributed by atoms with E-state index in [-0.39, 0.29) is 11.8 Å². The maximum atomic E-state index is 12.2. The lowest BCUT2D eigenvalue weighted by atomic mass is 10.2. The molecule has 2 N–H and O–H groups in total. The van der Waals surface area contributed by atoms with Crippen LogP contribution in [0, 0.1) is 12.8 Å². The average Bonchev–Trinajstić information content (AvgIpc) is 3.68. The molecule has 1 aliphatic carbocycles. The molecule has 1 saturated heterocycles. The lowest BCUT2D eigenvalue weighted by molar-refractivity contribution is -0.117. The molecule has 0 radical (unpaired) electrons. The molecule has 3 aliphatic rings. The normalized spacial score (nSPS) is 17.1. The lowest BCUT2D eigenvalue weighted by Crippen LogP contribution is -2.36. The smallest absolute Gasteiger partial charge is 0.229 e. The number of hydrogen-bond acceptors (Lipinski definition) is 7. The van der Waals surface area contributed by atoms with Gasteiger partial charge >= 0.3 is 0 Å². The zero-order valence-electron chi connectivity index (χ0n) is 20.7. The van der Waals surface area contributed by atoms with Crippen LogP contribution in [-0.4, -0.2) is 48.7 Å². The molecule has 186 valence electrons. The summed E-state index contributed by atoms with van der Waals surface area (Å²) in [5, 5.41) is 6.45. The summed E-state index contributed by atoms with van der Waals surface area (Å²) in [5.74, 6) is 1.93. The molecule has 3 aromatic rings. The highest BCUT2D eigenvalue weighted by Crippen LogP contribution is 2.32. The van der Waals surface area contributed by atoms with Gasteiger partial charge in [-0.25, -0.2) is 4.98 Å². The van der Waals surface area contributed by atoms with E-state index in [0.717, 1.165) is 87.1 Å². The van der Waals surface area contributed by atoms with Gasteiger partial charge in [-0.1, -0.05) is 12.1 Å². The van der Waals surface area contributed by atoms with Gasteiger partial charge in [0.15, 0.2) is 0 Å². The first-order valence-corrected chi connectivity index (χ1v) is 12.8. The second-order valence-electron chi connectivity index (χ2n) is 9.84. The van der Waals surface area contributed by atoms with E-state index in [1.165, 1.54) is 11.3 Å². The van der Waals surface area contributed by atoms with Gasteiger partial charge in [0.2, 0.25) is 11.9 Å². The fourth-order valence-electron chi connectivity index (χ4n) is 4.96. The zero-order chi connectivity index (χ0) is 24.5. The molecule has 8 heteroatoms. The minimum atomic E-state index is 0.135. The number of aromatic nitrogens is 2. The van der Waals surface area contributed by atoms with Crippen LogP contribution in [0.2, 0.25) is 0 Å². The number of carbonyl (C=O) groups excluding carboxylic acids is 1. The van der Waals surface area contributed by atoms with Gasteiger partial charge in [-0.2, -0.15) is 4.98 Å². The number of benzene rings is 2. The monoisotopic (exact) mass is 484 g/mol. The highest BCUT2D eigenvalue weighted by atomic mass is 16.5. The van der Waals surface area contributed by atoms with Gasteiger partial charge in [-0.05, 0) is 68.1 Å². The summed E-state index contributed by atoms with van der Waals surface area (Å²) in [5.41, 5.74) is 6.42. The lowest BCUT2D eigenvalue weighted by Gasteiger charge is -2.28. The molecule has 2 aliphatic heterocycles. The van der Waals surface area contributed by atoms with E-state index >= 15 is 0 Å². The first kappa shape index (κ1) is 22.8. The van der Waals surface area contributed by atoms with E-state index in [1.807, 2.05) is 12.1 Å². The minimum absolute atomic E-state index is 0.135. The Balaban J connectivity index is 1.16. The first-order valence-electron chi connectivity index (χ1n) is 12.8. The van der Waals surface area contributed by atoms with Crippen LogP contribution in [0.1, 0.15) is 29.7 Å². The highest BCUT2D eigenvalue weighted by Gasteiger charge is 2.29. The van der Waals surface area contributed by atoms with E-state index in [9.17, 15) is 4.79 Å². The summed E-state index contributed by atoms with van der Waals surface area (Å²) < 4.78 is 5.46. The predicted octanol–water partition coefficient (Wildman–Crippen LogP) is 4.28. The number of nitrogens with one attached hydrogen (secondary N) is 2. The number of aryl methyl sites for hydroxylation is 1. The van der Waals surface area contributed by atoms with Crippen molar-refractivity contribution in [3.8, 4) is 0 Å². The highest BCUT2D eigenvalue weighted by molar-refractivity contribution is 5.94. The van der Waals surface area contributed by atoms with Gasteiger partial charge in [0.05, 0.1) is 13.2 Å². The molecule has 1 amide bonds. The predicted molar refractivity (Wildman–Crippen MR) is 142 cm³/mol. The van der Waals surface area contributed by atoms with Gasteiger partial charge < -0.3 is 25.2 Å². The summed E-state index contributed by atoms with van der Waals surface area (Å²) in [7, 11) is 0. The molecule has 2 fully saturated rings. The van der Waals surface area contributed by atoms with Crippen molar-refractivity contribution < 1.29 is 9.53 Å². The largest absolute Gasteiger partial charge is 0.378 e. The van der Waals surface area contributed by atoms with E-state index in [4.69, 9.17) is 14.7 Å². The van der Waals surface area contributed by atoms with Gasteiger partial charge in [-0.15, -0.1) is 0 Å². The third kappa shape index (κ3) is 4.99. The molecule has 1 saturated carbocycles. The Morgan fingerprint density at radius 3 is 2.61 bits per heavy atom. The summed E-state index contributed by atoms with van der Waals surface area (Å²) in [6.07, 6.45) is 2.95.